The molecule has 0 spiro atoms. The van der Waals surface area contributed by atoms with Gasteiger partial charge in [0.1, 0.15) is 40.7 Å². The summed E-state index contributed by atoms with van der Waals surface area (Å²) in [5, 5.41) is 14.2. The lowest BCUT2D eigenvalue weighted by Gasteiger charge is -2.42. The van der Waals surface area contributed by atoms with Gasteiger partial charge >= 0.3 is 12.1 Å². The molecular weight excluding hydrogens is 690 g/mol. The van der Waals surface area contributed by atoms with Crippen LogP contribution in [0.15, 0.2) is 35.9 Å². The fourth-order valence-corrected chi connectivity index (χ4v) is 6.60. The number of methoxy groups -OCH3 is 2. The maximum atomic E-state index is 14.3. The molecule has 2 fully saturated rings. The van der Waals surface area contributed by atoms with Crippen molar-refractivity contribution in [2.24, 2.45) is 5.92 Å². The quantitative estimate of drug-likeness (QED) is 0.213. The number of hydrogen-bond donors (Lipinski definition) is 3. The molecule has 4 bridgehead atoms. The molecule has 3 aliphatic rings. The molecule has 3 aliphatic heterocycles. The summed E-state index contributed by atoms with van der Waals surface area (Å²) in [4.78, 5) is 55.3. The lowest BCUT2D eigenvalue weighted by Crippen LogP contribution is -2.63. The highest BCUT2D eigenvalue weighted by atomic mass is 35.5. The zero-order chi connectivity index (χ0) is 44.8. The number of fused-ring (bicyclic) bond motifs is 5. The van der Waals surface area contributed by atoms with E-state index in [0.29, 0.717) is 12.0 Å². The molecule has 276 valence electrons. The van der Waals surface area contributed by atoms with E-state index in [1.54, 1.807) is 31.2 Å². The summed E-state index contributed by atoms with van der Waals surface area (Å²) in [5.41, 5.74) is -4.88. The second kappa shape index (κ2) is 15.9. The molecule has 13 nitrogen and oxygen atoms in total. The number of rotatable bonds is 7. The summed E-state index contributed by atoms with van der Waals surface area (Å²) in [6, 6.07) is -0.777. The van der Waals surface area contributed by atoms with Gasteiger partial charge < -0.3 is 38.6 Å². The smallest absolute Gasteiger partial charge is 0.409 e. The number of esters is 1. The number of benzene rings is 1. The Labute approximate surface area is 316 Å². The fraction of sp³-hybridized carbons (Fsp3) is 0.600. The van der Waals surface area contributed by atoms with Gasteiger partial charge in [-0.3, -0.25) is 14.9 Å². The van der Waals surface area contributed by atoms with Crippen molar-refractivity contribution in [3.63, 3.8) is 0 Å². The highest BCUT2D eigenvalue weighted by Crippen LogP contribution is 2.49. The Bertz CT molecular complexity index is 1880. The molecule has 0 aliphatic carbocycles. The number of nitrogens with zero attached hydrogens (tertiary/aromatic N) is 2. The van der Waals surface area contributed by atoms with Crippen LogP contribution in [0.1, 0.15) is 64.8 Å². The molecule has 1 aromatic carbocycles. The van der Waals surface area contributed by atoms with Gasteiger partial charge in [-0.1, -0.05) is 42.3 Å². The number of amides is 3. The van der Waals surface area contributed by atoms with E-state index in [4.69, 9.17) is 47.6 Å². The summed E-state index contributed by atoms with van der Waals surface area (Å²) < 4.78 is 101. The number of likely N-dealkylation sites (N-methyl/N-ethyl adjacent to an activating group) is 1. The monoisotopic (exact) mass is 746 g/mol. The Kier molecular flexibility index (Phi) is 9.02. The van der Waals surface area contributed by atoms with E-state index >= 15 is 0 Å². The number of halogens is 1. The minimum atomic E-state index is -4.04. The molecule has 0 unspecified atom stereocenters. The molecule has 3 amide bonds. The highest BCUT2D eigenvalue weighted by molar-refractivity contribution is 7.80. The first kappa shape index (κ1) is 28.3. The van der Waals surface area contributed by atoms with Crippen LogP contribution in [-0.2, 0) is 39.8 Å². The second-order valence-corrected chi connectivity index (χ2v) is 13.3. The Hall–Kier alpha value is -3.30. The number of alkyl carbamates (subject to hydrolysis) is 1. The zero-order valence-corrected chi connectivity index (χ0v) is 30.1. The Morgan fingerprint density at radius 2 is 2.10 bits per heavy atom. The van der Waals surface area contributed by atoms with Gasteiger partial charge in [0, 0.05) is 50.9 Å². The van der Waals surface area contributed by atoms with E-state index in [1.807, 2.05) is 6.92 Å². The molecule has 0 radical (unpaired) electrons. The maximum absolute atomic E-state index is 14.3. The second-order valence-electron chi connectivity index (χ2n) is 12.6. The molecule has 2 saturated heterocycles. The van der Waals surface area contributed by atoms with Gasteiger partial charge in [-0.05, 0) is 50.5 Å². The summed E-state index contributed by atoms with van der Waals surface area (Å²) in [6.45, 7) is -2.98. The summed E-state index contributed by atoms with van der Waals surface area (Å²) in [6.07, 6.45) is -3.31. The minimum Gasteiger partial charge on any atom is -0.495 e. The van der Waals surface area contributed by atoms with Crippen LogP contribution in [0.3, 0.4) is 0 Å². The number of epoxide rings is 1. The van der Waals surface area contributed by atoms with Gasteiger partial charge in [-0.2, -0.15) is 12.6 Å². The van der Waals surface area contributed by atoms with E-state index < -0.39 is 109 Å². The van der Waals surface area contributed by atoms with E-state index in [0.717, 1.165) is 10.5 Å². The predicted octanol–water partition coefficient (Wildman–Crippen LogP) is 3.83. The van der Waals surface area contributed by atoms with E-state index in [2.05, 4.69) is 17.9 Å². The minimum absolute atomic E-state index is 0.0229. The van der Waals surface area contributed by atoms with Gasteiger partial charge in [0.25, 0.3) is 0 Å². The summed E-state index contributed by atoms with van der Waals surface area (Å²) >= 11 is 10.3. The van der Waals surface area contributed by atoms with Crippen LogP contribution in [0.2, 0.25) is 5.02 Å². The molecule has 0 aromatic heterocycles. The molecule has 1 aromatic rings. The van der Waals surface area contributed by atoms with E-state index in [9.17, 15) is 24.3 Å². The van der Waals surface area contributed by atoms with Crippen molar-refractivity contribution in [1.82, 2.24) is 10.2 Å². The van der Waals surface area contributed by atoms with Crippen LogP contribution in [0.4, 0.5) is 10.5 Å². The van der Waals surface area contributed by atoms with Crippen LogP contribution in [0, 0.1) is 5.92 Å². The third kappa shape index (κ3) is 8.42. The maximum Gasteiger partial charge on any atom is 0.409 e. The van der Waals surface area contributed by atoms with Gasteiger partial charge in [0.2, 0.25) is 11.8 Å². The Balaban J connectivity index is 1.89. The lowest BCUT2D eigenvalue weighted by atomic mass is 9.83. The molecule has 3 heterocycles. The van der Waals surface area contributed by atoms with Crippen molar-refractivity contribution in [3.05, 3.63) is 46.5 Å². The number of nitrogens with one attached hydrogen (secondary N) is 1. The van der Waals surface area contributed by atoms with Crippen LogP contribution in [0.25, 0.3) is 0 Å². The van der Waals surface area contributed by atoms with Crippen LogP contribution in [0.5, 0.6) is 5.75 Å². The molecule has 0 saturated carbocycles. The normalized spacial score (nSPS) is 36.4. The SMILES string of the molecule is [2H]C([2H])(S)CC(=O)N(C([2H])([2H])[2H])[C@]([2H])(C(=O)O[C@H]1CC(=O)N(C)c2cc(cc(OC)c2Cl)C/C(C)=C/C=C/[C@@H](OC)[C@@]2(O)C[C@H](OC(=O)N2)[C@@H](C)[C@H]2O[C@@]12C)C([2H])([2H])[2H]. The van der Waals surface area contributed by atoms with Gasteiger partial charge in [0.05, 0.1) is 26.7 Å². The van der Waals surface area contributed by atoms with Crippen molar-refractivity contribution in [2.45, 2.75) is 95.1 Å². The number of carbonyl (C=O) groups excluding carboxylic acids is 4. The zero-order valence-electron chi connectivity index (χ0n) is 37.4. The highest BCUT2D eigenvalue weighted by Gasteiger charge is 2.64. The third-order valence-electron chi connectivity index (χ3n) is 9.10. The van der Waals surface area contributed by atoms with Crippen molar-refractivity contribution in [3.8, 4) is 5.75 Å². The topological polar surface area (TPSA) is 156 Å². The van der Waals surface area contributed by atoms with Gasteiger partial charge in [-0.15, -0.1) is 0 Å². The molecule has 2 N–H and O–H groups in total. The molecule has 8 atom stereocenters. The standard InChI is InChI=1S/C35H48ClN3O10S/c1-19-10-9-11-26(46-8)35(44)18-25(47-33(43)37-35)20(2)31-34(4,49-31)27(48-32(42)21(3)38(5)28(40)12-13-50)17-29(41)39(6)23-15-22(14-19)16-24(45-7)30(23)36/h9-11,15-16,20-21,25-27,31,44,50H,12-14,17-18H2,1-8H3,(H,37,43)/b11-9+,19-10+/t20-,21+,25+,26-,27+,31-,34+,35+/m1/s1/i3D3,5D3,13D2,21D. The molecule has 50 heavy (non-hydrogen) atoms. The summed E-state index contributed by atoms with van der Waals surface area (Å²) in [7, 11) is 4.05. The average Bonchev–Trinajstić information content (AvgIpc) is 3.78. The first-order valence-corrected chi connectivity index (χ1v) is 16.4. The number of hydrogen-bond acceptors (Lipinski definition) is 11. The van der Waals surface area contributed by atoms with Crippen molar-refractivity contribution >= 4 is 53.8 Å². The Morgan fingerprint density at radius 3 is 2.74 bits per heavy atom. The number of ether oxygens (including phenoxy) is 5. The van der Waals surface area contributed by atoms with Gasteiger partial charge in [0.15, 0.2) is 5.72 Å². The lowest BCUT2D eigenvalue weighted by molar-refractivity contribution is -0.161. The number of thiol groups is 1. The van der Waals surface area contributed by atoms with Crippen LogP contribution >= 0.6 is 24.2 Å². The number of carbonyl (C=O) groups is 4. The van der Waals surface area contributed by atoms with Crippen LogP contribution in [-0.4, -0.2) is 110 Å². The van der Waals surface area contributed by atoms with Crippen molar-refractivity contribution in [2.75, 3.05) is 38.8 Å². The molecule has 15 heteroatoms. The fourth-order valence-electron chi connectivity index (χ4n) is 6.15. The third-order valence-corrected chi connectivity index (χ3v) is 9.63. The van der Waals surface area contributed by atoms with Crippen molar-refractivity contribution < 1.29 is 60.3 Å². The van der Waals surface area contributed by atoms with E-state index in [1.165, 1.54) is 34.3 Å². The largest absolute Gasteiger partial charge is 0.495 e. The number of allylic oxidation sites excluding steroid dienone is 3. The first-order chi connectivity index (χ1) is 26.9. The summed E-state index contributed by atoms with van der Waals surface area (Å²) in [5.74, 6) is -5.34. The molecule has 4 rings (SSSR count). The van der Waals surface area contributed by atoms with Gasteiger partial charge in [-0.25, -0.2) is 9.59 Å². The first-order valence-electron chi connectivity index (χ1n) is 20.1. The predicted molar refractivity (Wildman–Crippen MR) is 189 cm³/mol. The van der Waals surface area contributed by atoms with Crippen molar-refractivity contribution in [1.29, 1.82) is 0 Å². The Morgan fingerprint density at radius 1 is 1.36 bits per heavy atom. The van der Waals surface area contributed by atoms with E-state index in [-0.39, 0.29) is 22.9 Å². The number of anilines is 1. The average molecular weight is 747 g/mol. The van der Waals surface area contributed by atoms with Crippen LogP contribution < -0.4 is 15.0 Å². The molecular formula is C35H48ClN3O10S. The number of aliphatic hydroxyl groups is 1.